The second-order valence-corrected chi connectivity index (χ2v) is 8.77. The Morgan fingerprint density at radius 2 is 1.67 bits per heavy atom. The van der Waals surface area contributed by atoms with Gasteiger partial charge in [0, 0.05) is 5.41 Å². The van der Waals surface area contributed by atoms with Crippen molar-refractivity contribution in [3.05, 3.63) is 71.3 Å². The molecule has 4 rings (SSSR count). The van der Waals surface area contributed by atoms with E-state index >= 15 is 0 Å². The molecule has 2 nitrogen and oxygen atoms in total. The highest BCUT2D eigenvalue weighted by molar-refractivity contribution is 5.48. The third-order valence-electron chi connectivity index (χ3n) is 7.23. The van der Waals surface area contributed by atoms with Crippen molar-refractivity contribution in [3.8, 4) is 0 Å². The highest BCUT2D eigenvalue weighted by Gasteiger charge is 2.58. The van der Waals surface area contributed by atoms with Gasteiger partial charge in [-0.15, -0.1) is 0 Å². The summed E-state index contributed by atoms with van der Waals surface area (Å²) >= 11 is 0. The van der Waals surface area contributed by atoms with Gasteiger partial charge < -0.3 is 10.0 Å². The number of benzene rings is 2. The lowest BCUT2D eigenvalue weighted by Gasteiger charge is -2.48. The molecule has 27 heavy (non-hydrogen) atoms. The predicted molar refractivity (Wildman–Crippen MR) is 112 cm³/mol. The van der Waals surface area contributed by atoms with E-state index in [-0.39, 0.29) is 5.41 Å². The van der Waals surface area contributed by atoms with Crippen molar-refractivity contribution in [1.82, 2.24) is 4.90 Å². The summed E-state index contributed by atoms with van der Waals surface area (Å²) in [4.78, 5) is 2.59. The van der Waals surface area contributed by atoms with Crippen LogP contribution in [0.3, 0.4) is 0 Å². The van der Waals surface area contributed by atoms with Gasteiger partial charge in [-0.05, 0) is 67.9 Å². The lowest BCUT2D eigenvalue weighted by atomic mass is 9.61. The molecule has 0 amide bonds. The van der Waals surface area contributed by atoms with E-state index in [1.54, 1.807) is 0 Å². The third-order valence-corrected chi connectivity index (χ3v) is 7.23. The number of nitrogens with zero attached hydrogens (tertiary/aromatic N) is 1. The van der Waals surface area contributed by atoms with Crippen LogP contribution >= 0.6 is 0 Å². The molecule has 0 radical (unpaired) electrons. The van der Waals surface area contributed by atoms with Crippen molar-refractivity contribution >= 4 is 0 Å². The first-order chi connectivity index (χ1) is 13.1. The Balaban J connectivity index is 1.69. The predicted octanol–water partition coefficient (Wildman–Crippen LogP) is 4.90. The molecule has 2 heteroatoms. The van der Waals surface area contributed by atoms with E-state index in [0.717, 1.165) is 32.4 Å². The fourth-order valence-electron chi connectivity index (χ4n) is 5.61. The smallest absolute Gasteiger partial charge is 0.102 e. The molecule has 0 saturated carbocycles. The van der Waals surface area contributed by atoms with Crippen LogP contribution in [0.15, 0.2) is 54.6 Å². The summed E-state index contributed by atoms with van der Waals surface area (Å²) in [5.74, 6) is 0.309. The van der Waals surface area contributed by atoms with Crippen LogP contribution in [-0.4, -0.2) is 29.6 Å². The minimum Gasteiger partial charge on any atom is -0.384 e. The van der Waals surface area contributed by atoms with Gasteiger partial charge in [-0.2, -0.15) is 0 Å². The molecule has 144 valence electrons. The average molecular weight is 364 g/mol. The summed E-state index contributed by atoms with van der Waals surface area (Å²) in [6.07, 6.45) is 5.61. The maximum atomic E-state index is 12.4. The van der Waals surface area contributed by atoms with E-state index in [2.05, 4.69) is 73.3 Å². The molecule has 1 fully saturated rings. The summed E-state index contributed by atoms with van der Waals surface area (Å²) in [6, 6.07) is 19.3. The van der Waals surface area contributed by atoms with Gasteiger partial charge >= 0.3 is 0 Å². The van der Waals surface area contributed by atoms with Gasteiger partial charge in [-0.3, -0.25) is 0 Å². The van der Waals surface area contributed by atoms with Gasteiger partial charge in [0.15, 0.2) is 0 Å². The first kappa shape index (κ1) is 18.7. The summed E-state index contributed by atoms with van der Waals surface area (Å²) in [5, 5.41) is 12.4. The molecule has 2 aliphatic rings. The Morgan fingerprint density at radius 3 is 2.37 bits per heavy atom. The number of fused-ring (bicyclic) bond motifs is 1. The standard InChI is InChI=1S/C25H33NO/c1-3-4-16-26-17-14-22(15-18-26)25(27)23-13-9-8-10-20(23)19-24(25,2)21-11-6-5-7-12-21/h5-13,22,27H,3-4,14-19H2,1-2H3/t24-,25-/m1/s1. The van der Waals surface area contributed by atoms with Crippen molar-refractivity contribution in [3.63, 3.8) is 0 Å². The Morgan fingerprint density at radius 1 is 1.00 bits per heavy atom. The summed E-state index contributed by atoms with van der Waals surface area (Å²) < 4.78 is 0. The van der Waals surface area contributed by atoms with Crippen molar-refractivity contribution < 1.29 is 5.11 Å². The van der Waals surface area contributed by atoms with E-state index in [9.17, 15) is 5.11 Å². The number of hydrogen-bond donors (Lipinski definition) is 1. The van der Waals surface area contributed by atoms with E-state index < -0.39 is 5.60 Å². The molecule has 1 N–H and O–H groups in total. The number of piperidine rings is 1. The quantitative estimate of drug-likeness (QED) is 0.817. The molecule has 0 unspecified atom stereocenters. The average Bonchev–Trinajstić information content (AvgIpc) is 2.96. The van der Waals surface area contributed by atoms with Crippen LogP contribution in [0.2, 0.25) is 0 Å². The highest BCUT2D eigenvalue weighted by atomic mass is 16.3. The van der Waals surface area contributed by atoms with Crippen LogP contribution < -0.4 is 0 Å². The highest BCUT2D eigenvalue weighted by Crippen LogP contribution is 2.57. The summed E-state index contributed by atoms with van der Waals surface area (Å²) in [7, 11) is 0. The van der Waals surface area contributed by atoms with Gasteiger partial charge in [0.2, 0.25) is 0 Å². The number of aliphatic hydroxyl groups is 1. The molecule has 1 aliphatic heterocycles. The van der Waals surface area contributed by atoms with E-state index in [0.29, 0.717) is 5.92 Å². The molecule has 1 saturated heterocycles. The van der Waals surface area contributed by atoms with Gasteiger partial charge in [0.05, 0.1) is 0 Å². The van der Waals surface area contributed by atoms with Gasteiger partial charge in [-0.25, -0.2) is 0 Å². The summed E-state index contributed by atoms with van der Waals surface area (Å²) in [5.41, 5.74) is 2.69. The first-order valence-electron chi connectivity index (χ1n) is 10.7. The van der Waals surface area contributed by atoms with Crippen molar-refractivity contribution in [2.24, 2.45) is 5.92 Å². The van der Waals surface area contributed by atoms with Crippen molar-refractivity contribution in [2.75, 3.05) is 19.6 Å². The maximum absolute atomic E-state index is 12.4. The Labute approximate surface area is 164 Å². The fourth-order valence-corrected chi connectivity index (χ4v) is 5.61. The molecular weight excluding hydrogens is 330 g/mol. The van der Waals surface area contributed by atoms with Crippen LogP contribution in [0, 0.1) is 5.92 Å². The van der Waals surface area contributed by atoms with Crippen LogP contribution in [0.25, 0.3) is 0 Å². The number of likely N-dealkylation sites (tertiary alicyclic amines) is 1. The zero-order valence-electron chi connectivity index (χ0n) is 16.8. The molecular formula is C25H33NO. The van der Waals surface area contributed by atoms with Crippen LogP contribution in [0.4, 0.5) is 0 Å². The SMILES string of the molecule is CCCCN1CCC([C@@]2(O)c3ccccc3C[C@]2(C)c2ccccc2)CC1. The molecule has 0 spiro atoms. The Kier molecular flexibility index (Phi) is 5.13. The maximum Gasteiger partial charge on any atom is 0.102 e. The molecule has 0 bridgehead atoms. The number of rotatable bonds is 5. The van der Waals surface area contributed by atoms with E-state index in [1.165, 1.54) is 36.1 Å². The Bertz CT molecular complexity index is 765. The number of hydrogen-bond acceptors (Lipinski definition) is 2. The normalized spacial score (nSPS) is 29.0. The Hall–Kier alpha value is -1.64. The molecule has 2 aromatic rings. The lowest BCUT2D eigenvalue weighted by Crippen LogP contribution is -2.52. The van der Waals surface area contributed by atoms with Crippen LogP contribution in [0.1, 0.15) is 56.2 Å². The second-order valence-electron chi connectivity index (χ2n) is 8.77. The van der Waals surface area contributed by atoms with Crippen molar-refractivity contribution in [2.45, 2.75) is 57.0 Å². The number of unbranched alkanes of at least 4 members (excludes halogenated alkanes) is 1. The minimum absolute atomic E-state index is 0.270. The molecule has 1 heterocycles. The molecule has 2 aromatic carbocycles. The largest absolute Gasteiger partial charge is 0.384 e. The van der Waals surface area contributed by atoms with E-state index in [4.69, 9.17) is 0 Å². The zero-order valence-corrected chi connectivity index (χ0v) is 16.8. The molecule has 0 aromatic heterocycles. The first-order valence-corrected chi connectivity index (χ1v) is 10.7. The third kappa shape index (κ3) is 3.03. The van der Waals surface area contributed by atoms with Crippen LogP contribution in [-0.2, 0) is 17.4 Å². The molecule has 1 aliphatic carbocycles. The van der Waals surface area contributed by atoms with Crippen molar-refractivity contribution in [1.29, 1.82) is 0 Å². The molecule has 2 atom stereocenters. The van der Waals surface area contributed by atoms with Gasteiger partial charge in [-0.1, -0.05) is 74.9 Å². The fraction of sp³-hybridized carbons (Fsp3) is 0.520. The second kappa shape index (κ2) is 7.41. The monoisotopic (exact) mass is 363 g/mol. The van der Waals surface area contributed by atoms with Gasteiger partial charge in [0.1, 0.15) is 5.60 Å². The topological polar surface area (TPSA) is 23.5 Å². The zero-order chi connectivity index (χ0) is 18.9. The van der Waals surface area contributed by atoms with Crippen LogP contribution in [0.5, 0.6) is 0 Å². The van der Waals surface area contributed by atoms with E-state index in [1.807, 2.05) is 0 Å². The van der Waals surface area contributed by atoms with Gasteiger partial charge in [0.25, 0.3) is 0 Å². The minimum atomic E-state index is -0.790. The lowest BCUT2D eigenvalue weighted by molar-refractivity contribution is -0.0964. The summed E-state index contributed by atoms with van der Waals surface area (Å²) in [6.45, 7) is 7.97.